The van der Waals surface area contributed by atoms with E-state index >= 15 is 0 Å². The average Bonchev–Trinajstić information content (AvgIpc) is 2.72. The number of hydrogen-bond acceptors (Lipinski definition) is 6. The number of hydrogen-bond donors (Lipinski definition) is 2. The fourth-order valence-corrected chi connectivity index (χ4v) is 1.13. The standard InChI is InChI=1S/C10H20N4O2/c1-3-4-6-15-7-5-12-10-14-13-9(16-10)8-11-2/h11H,3-8H2,1-2H3,(H,12,14). The molecule has 0 aliphatic rings. The Morgan fingerprint density at radius 2 is 2.19 bits per heavy atom. The third kappa shape index (κ3) is 5.09. The molecule has 16 heavy (non-hydrogen) atoms. The van der Waals surface area contributed by atoms with Crippen LogP contribution in [0.5, 0.6) is 0 Å². The Hall–Kier alpha value is -1.14. The lowest BCUT2D eigenvalue weighted by Crippen LogP contribution is -2.10. The van der Waals surface area contributed by atoms with Gasteiger partial charge in [0.25, 0.3) is 0 Å². The molecule has 1 heterocycles. The van der Waals surface area contributed by atoms with E-state index in [2.05, 4.69) is 27.8 Å². The van der Waals surface area contributed by atoms with Gasteiger partial charge in [-0.05, 0) is 13.5 Å². The number of anilines is 1. The first-order chi connectivity index (χ1) is 7.86. The van der Waals surface area contributed by atoms with Crippen LogP contribution >= 0.6 is 0 Å². The lowest BCUT2D eigenvalue weighted by Gasteiger charge is -2.02. The maximum atomic E-state index is 5.39. The van der Waals surface area contributed by atoms with Crippen molar-refractivity contribution in [3.8, 4) is 0 Å². The maximum Gasteiger partial charge on any atom is 0.315 e. The summed E-state index contributed by atoms with van der Waals surface area (Å²) in [7, 11) is 1.83. The van der Waals surface area contributed by atoms with Crippen LogP contribution in [0.2, 0.25) is 0 Å². The molecule has 0 bridgehead atoms. The van der Waals surface area contributed by atoms with E-state index in [-0.39, 0.29) is 0 Å². The van der Waals surface area contributed by atoms with Crippen LogP contribution in [0.4, 0.5) is 6.01 Å². The van der Waals surface area contributed by atoms with Gasteiger partial charge in [0.1, 0.15) is 0 Å². The third-order valence-corrected chi connectivity index (χ3v) is 1.96. The van der Waals surface area contributed by atoms with E-state index in [0.717, 1.165) is 19.4 Å². The largest absolute Gasteiger partial charge is 0.407 e. The molecule has 0 aliphatic carbocycles. The van der Waals surface area contributed by atoms with Crippen LogP contribution in [-0.4, -0.2) is 37.0 Å². The van der Waals surface area contributed by atoms with Gasteiger partial charge in [-0.1, -0.05) is 18.4 Å². The number of nitrogens with one attached hydrogen (secondary N) is 2. The van der Waals surface area contributed by atoms with Crippen LogP contribution in [0.3, 0.4) is 0 Å². The van der Waals surface area contributed by atoms with Crippen molar-refractivity contribution in [2.75, 3.05) is 32.1 Å². The summed E-state index contributed by atoms with van der Waals surface area (Å²) in [6.07, 6.45) is 2.26. The highest BCUT2D eigenvalue weighted by atomic mass is 16.5. The van der Waals surface area contributed by atoms with Gasteiger partial charge in [0.05, 0.1) is 13.2 Å². The molecule has 0 saturated carbocycles. The average molecular weight is 228 g/mol. The molecule has 6 nitrogen and oxygen atoms in total. The van der Waals surface area contributed by atoms with Crippen molar-refractivity contribution in [2.45, 2.75) is 26.3 Å². The number of rotatable bonds is 9. The van der Waals surface area contributed by atoms with Crippen LogP contribution in [0.15, 0.2) is 4.42 Å². The second-order valence-corrected chi connectivity index (χ2v) is 3.42. The Morgan fingerprint density at radius 1 is 1.31 bits per heavy atom. The zero-order valence-electron chi connectivity index (χ0n) is 9.95. The maximum absolute atomic E-state index is 5.39. The number of aromatic nitrogens is 2. The zero-order valence-corrected chi connectivity index (χ0v) is 9.95. The van der Waals surface area contributed by atoms with Crippen molar-refractivity contribution in [3.63, 3.8) is 0 Å². The summed E-state index contributed by atoms with van der Waals surface area (Å²) >= 11 is 0. The van der Waals surface area contributed by atoms with Crippen molar-refractivity contribution in [1.29, 1.82) is 0 Å². The van der Waals surface area contributed by atoms with E-state index in [4.69, 9.17) is 9.15 Å². The molecule has 0 atom stereocenters. The van der Waals surface area contributed by atoms with Gasteiger partial charge >= 0.3 is 6.01 Å². The van der Waals surface area contributed by atoms with Crippen LogP contribution in [0, 0.1) is 0 Å². The second-order valence-electron chi connectivity index (χ2n) is 3.42. The van der Waals surface area contributed by atoms with Crippen molar-refractivity contribution in [3.05, 3.63) is 5.89 Å². The third-order valence-electron chi connectivity index (χ3n) is 1.96. The van der Waals surface area contributed by atoms with Crippen molar-refractivity contribution in [2.24, 2.45) is 0 Å². The van der Waals surface area contributed by atoms with Gasteiger partial charge in [-0.3, -0.25) is 0 Å². The monoisotopic (exact) mass is 228 g/mol. The smallest absolute Gasteiger partial charge is 0.315 e. The SMILES string of the molecule is CCCCOCCNc1nnc(CNC)o1. The highest BCUT2D eigenvalue weighted by Gasteiger charge is 2.03. The Labute approximate surface area is 95.8 Å². The predicted octanol–water partition coefficient (Wildman–Crippen LogP) is 1.02. The minimum Gasteiger partial charge on any atom is -0.407 e. The summed E-state index contributed by atoms with van der Waals surface area (Å²) in [5, 5.41) is 13.6. The van der Waals surface area contributed by atoms with E-state index in [1.807, 2.05) is 7.05 Å². The van der Waals surface area contributed by atoms with Gasteiger partial charge in [0, 0.05) is 13.2 Å². The topological polar surface area (TPSA) is 72.2 Å². The van der Waals surface area contributed by atoms with E-state index in [1.54, 1.807) is 0 Å². The van der Waals surface area contributed by atoms with E-state index < -0.39 is 0 Å². The molecule has 0 aliphatic heterocycles. The summed E-state index contributed by atoms with van der Waals surface area (Å²) in [5.74, 6) is 0.580. The Morgan fingerprint density at radius 3 is 2.94 bits per heavy atom. The van der Waals surface area contributed by atoms with Gasteiger partial charge in [0.15, 0.2) is 0 Å². The molecule has 1 aromatic rings. The summed E-state index contributed by atoms with van der Waals surface area (Å²) in [4.78, 5) is 0. The minimum absolute atomic E-state index is 0.448. The predicted molar refractivity (Wildman–Crippen MR) is 61.3 cm³/mol. The van der Waals surface area contributed by atoms with Gasteiger partial charge in [-0.25, -0.2) is 0 Å². The van der Waals surface area contributed by atoms with Crippen LogP contribution in [0.25, 0.3) is 0 Å². The van der Waals surface area contributed by atoms with Gasteiger partial charge in [-0.2, -0.15) is 0 Å². The van der Waals surface area contributed by atoms with E-state index in [1.165, 1.54) is 0 Å². The summed E-state index contributed by atoms with van der Waals surface area (Å²) in [6.45, 7) is 4.88. The van der Waals surface area contributed by atoms with E-state index in [9.17, 15) is 0 Å². The van der Waals surface area contributed by atoms with Crippen molar-refractivity contribution in [1.82, 2.24) is 15.5 Å². The normalized spacial score (nSPS) is 10.6. The molecule has 2 N–H and O–H groups in total. The molecular formula is C10H20N4O2. The second kappa shape index (κ2) is 8.06. The quantitative estimate of drug-likeness (QED) is 0.615. The molecule has 0 amide bonds. The first-order valence-electron chi connectivity index (χ1n) is 5.65. The number of unbranched alkanes of at least 4 members (excludes halogenated alkanes) is 1. The van der Waals surface area contributed by atoms with Gasteiger partial charge in [0.2, 0.25) is 5.89 Å². The number of nitrogens with zero attached hydrogens (tertiary/aromatic N) is 2. The molecular weight excluding hydrogens is 208 g/mol. The molecule has 0 unspecified atom stereocenters. The van der Waals surface area contributed by atoms with Crippen LogP contribution < -0.4 is 10.6 Å². The summed E-state index contributed by atoms with van der Waals surface area (Å²) < 4.78 is 10.7. The van der Waals surface area contributed by atoms with Crippen LogP contribution in [0.1, 0.15) is 25.7 Å². The Kier molecular flexibility index (Phi) is 6.52. The summed E-state index contributed by atoms with van der Waals surface area (Å²) in [5.41, 5.74) is 0. The fourth-order valence-electron chi connectivity index (χ4n) is 1.13. The molecule has 0 spiro atoms. The highest BCUT2D eigenvalue weighted by Crippen LogP contribution is 2.03. The molecule has 0 saturated heterocycles. The van der Waals surface area contributed by atoms with Gasteiger partial charge < -0.3 is 19.8 Å². The first-order valence-corrected chi connectivity index (χ1v) is 5.65. The van der Waals surface area contributed by atoms with E-state index in [0.29, 0.717) is 31.6 Å². The fraction of sp³-hybridized carbons (Fsp3) is 0.800. The molecule has 1 aromatic heterocycles. The first kappa shape index (κ1) is 12.9. The lowest BCUT2D eigenvalue weighted by molar-refractivity contribution is 0.140. The highest BCUT2D eigenvalue weighted by molar-refractivity contribution is 5.16. The Balaban J connectivity index is 2.07. The van der Waals surface area contributed by atoms with Gasteiger partial charge in [-0.15, -0.1) is 5.10 Å². The lowest BCUT2D eigenvalue weighted by atomic mass is 10.4. The van der Waals surface area contributed by atoms with Crippen molar-refractivity contribution < 1.29 is 9.15 Å². The molecule has 1 rings (SSSR count). The zero-order chi connectivity index (χ0) is 11.6. The molecule has 0 radical (unpaired) electrons. The molecule has 92 valence electrons. The minimum atomic E-state index is 0.448. The van der Waals surface area contributed by atoms with Crippen LogP contribution in [-0.2, 0) is 11.3 Å². The molecule has 0 aromatic carbocycles. The summed E-state index contributed by atoms with van der Waals surface area (Å²) in [6, 6.07) is 0.448. The Bertz CT molecular complexity index is 278. The van der Waals surface area contributed by atoms with Crippen molar-refractivity contribution >= 4 is 6.01 Å². The molecule has 0 fully saturated rings. The molecule has 6 heteroatoms. The number of ether oxygens (including phenoxy) is 1.